The molecule has 25 heavy (non-hydrogen) atoms. The van der Waals surface area contributed by atoms with E-state index in [0.717, 1.165) is 38.5 Å². The maximum Gasteiger partial charge on any atom is 0.234 e. The minimum Gasteiger partial charge on any atom is -0.370 e. The van der Waals surface area contributed by atoms with Gasteiger partial charge in [0.05, 0.1) is 19.0 Å². The van der Waals surface area contributed by atoms with Gasteiger partial charge >= 0.3 is 0 Å². The molecule has 0 atom stereocenters. The zero-order chi connectivity index (χ0) is 17.5. The van der Waals surface area contributed by atoms with E-state index in [2.05, 4.69) is 5.32 Å². The maximum absolute atomic E-state index is 13.5. The number of carbonyl (C=O) groups excluding carboxylic acids is 1. The van der Waals surface area contributed by atoms with Crippen molar-refractivity contribution in [3.63, 3.8) is 0 Å². The van der Waals surface area contributed by atoms with Gasteiger partial charge in [-0.1, -0.05) is 24.3 Å². The largest absolute Gasteiger partial charge is 0.370 e. The van der Waals surface area contributed by atoms with Crippen molar-refractivity contribution < 1.29 is 18.8 Å². The molecule has 0 radical (unpaired) electrons. The third kappa shape index (κ3) is 5.56. The number of quaternary nitrogens is 1. The van der Waals surface area contributed by atoms with Crippen molar-refractivity contribution >= 4 is 23.4 Å². The van der Waals surface area contributed by atoms with E-state index >= 15 is 0 Å². The van der Waals surface area contributed by atoms with Gasteiger partial charge in [0, 0.05) is 16.1 Å². The molecule has 1 saturated heterocycles. The Morgan fingerprint density at radius 3 is 2.56 bits per heavy atom. The summed E-state index contributed by atoms with van der Waals surface area (Å²) in [5, 5.41) is 2.85. The molecule has 1 aliphatic heterocycles. The molecule has 1 fully saturated rings. The Balaban J connectivity index is 1.47. The highest BCUT2D eigenvalue weighted by Gasteiger charge is 2.14. The summed E-state index contributed by atoms with van der Waals surface area (Å²) in [6.07, 6.45) is 0. The van der Waals surface area contributed by atoms with Crippen molar-refractivity contribution in [2.24, 2.45) is 0 Å². The highest BCUT2D eigenvalue weighted by Crippen LogP contribution is 2.21. The molecular weight excluding hydrogens is 339 g/mol. The molecule has 0 aliphatic carbocycles. The van der Waals surface area contributed by atoms with Gasteiger partial charge in [-0.15, -0.1) is 11.8 Å². The van der Waals surface area contributed by atoms with Gasteiger partial charge in [-0.05, 0) is 24.3 Å². The van der Waals surface area contributed by atoms with E-state index in [4.69, 9.17) is 4.74 Å². The predicted octanol–water partition coefficient (Wildman–Crippen LogP) is 1.97. The average molecular weight is 361 g/mol. The highest BCUT2D eigenvalue weighted by atomic mass is 32.2. The number of amides is 1. The normalized spacial score (nSPS) is 15.1. The molecule has 3 rings (SSSR count). The second-order valence-corrected chi connectivity index (χ2v) is 7.02. The molecule has 1 heterocycles. The second kappa shape index (κ2) is 8.99. The van der Waals surface area contributed by atoms with E-state index in [1.54, 1.807) is 18.2 Å². The lowest BCUT2D eigenvalue weighted by Gasteiger charge is -2.23. The summed E-state index contributed by atoms with van der Waals surface area (Å²) in [5.41, 5.74) is 2.01. The number of rotatable bonds is 6. The number of morpholine rings is 1. The van der Waals surface area contributed by atoms with Gasteiger partial charge < -0.3 is 15.0 Å². The molecule has 4 nitrogen and oxygen atoms in total. The van der Waals surface area contributed by atoms with Crippen molar-refractivity contribution in [2.75, 3.05) is 37.4 Å². The monoisotopic (exact) mass is 361 g/mol. The fraction of sp³-hybridized carbons (Fsp3) is 0.316. The molecule has 2 aromatic carbocycles. The minimum absolute atomic E-state index is 0.139. The number of halogens is 1. The van der Waals surface area contributed by atoms with Crippen LogP contribution < -0.4 is 10.2 Å². The molecule has 0 bridgehead atoms. The Bertz CT molecular complexity index is 703. The van der Waals surface area contributed by atoms with Crippen molar-refractivity contribution in [2.45, 2.75) is 11.4 Å². The van der Waals surface area contributed by atoms with E-state index in [1.165, 1.54) is 28.3 Å². The third-order valence-corrected chi connectivity index (χ3v) is 5.14. The van der Waals surface area contributed by atoms with E-state index in [0.29, 0.717) is 4.90 Å². The fourth-order valence-corrected chi connectivity index (χ4v) is 3.47. The quantitative estimate of drug-likeness (QED) is 0.773. The summed E-state index contributed by atoms with van der Waals surface area (Å²) >= 11 is 1.20. The van der Waals surface area contributed by atoms with Crippen LogP contribution in [0.15, 0.2) is 53.4 Å². The van der Waals surface area contributed by atoms with Gasteiger partial charge in [0.25, 0.3) is 0 Å². The SMILES string of the molecule is O=C(CSc1ccccc1F)Nc1ccc(C[NH+]2CCOCC2)cc1. The first-order chi connectivity index (χ1) is 12.2. The highest BCUT2D eigenvalue weighted by molar-refractivity contribution is 8.00. The molecule has 2 N–H and O–H groups in total. The van der Waals surface area contributed by atoms with Crippen LogP contribution in [0.2, 0.25) is 0 Å². The number of carbonyl (C=O) groups is 1. The summed E-state index contributed by atoms with van der Waals surface area (Å²) in [4.78, 5) is 14.0. The number of benzene rings is 2. The molecule has 0 saturated carbocycles. The summed E-state index contributed by atoms with van der Waals surface area (Å²) in [6.45, 7) is 4.69. The van der Waals surface area contributed by atoms with E-state index in [-0.39, 0.29) is 17.5 Å². The van der Waals surface area contributed by atoms with Crippen molar-refractivity contribution in [1.82, 2.24) is 0 Å². The lowest BCUT2D eigenvalue weighted by molar-refractivity contribution is -0.921. The van der Waals surface area contributed by atoms with Crippen molar-refractivity contribution in [3.05, 3.63) is 59.9 Å². The lowest BCUT2D eigenvalue weighted by atomic mass is 10.2. The zero-order valence-electron chi connectivity index (χ0n) is 14.0. The summed E-state index contributed by atoms with van der Waals surface area (Å²) in [7, 11) is 0. The summed E-state index contributed by atoms with van der Waals surface area (Å²) < 4.78 is 18.9. The zero-order valence-corrected chi connectivity index (χ0v) is 14.8. The molecule has 132 valence electrons. The Kier molecular flexibility index (Phi) is 6.44. The Labute approximate surface area is 151 Å². The van der Waals surface area contributed by atoms with Gasteiger partial charge in [0.2, 0.25) is 5.91 Å². The van der Waals surface area contributed by atoms with Crippen LogP contribution in [-0.4, -0.2) is 38.0 Å². The van der Waals surface area contributed by atoms with Gasteiger partial charge in [-0.25, -0.2) is 4.39 Å². The van der Waals surface area contributed by atoms with Gasteiger partial charge in [-0.2, -0.15) is 0 Å². The lowest BCUT2D eigenvalue weighted by Crippen LogP contribution is -3.12. The summed E-state index contributed by atoms with van der Waals surface area (Å²) in [6, 6.07) is 14.4. The van der Waals surface area contributed by atoms with E-state index in [1.807, 2.05) is 24.3 Å². The number of ether oxygens (including phenoxy) is 1. The van der Waals surface area contributed by atoms with E-state index < -0.39 is 0 Å². The molecule has 0 spiro atoms. The topological polar surface area (TPSA) is 42.8 Å². The van der Waals surface area contributed by atoms with Gasteiger partial charge in [0.1, 0.15) is 25.5 Å². The van der Waals surface area contributed by atoms with Crippen LogP contribution in [0.4, 0.5) is 10.1 Å². The standard InChI is InChI=1S/C19H21FN2O2S/c20-17-3-1-2-4-18(17)25-14-19(23)21-16-7-5-15(6-8-16)13-22-9-11-24-12-10-22/h1-8H,9-14H2,(H,21,23)/p+1. The van der Waals surface area contributed by atoms with Crippen LogP contribution in [-0.2, 0) is 16.1 Å². The van der Waals surface area contributed by atoms with Gasteiger partial charge in [0.15, 0.2) is 0 Å². The molecular formula is C19H22FN2O2S+. The molecule has 1 amide bonds. The van der Waals surface area contributed by atoms with Crippen LogP contribution in [0.5, 0.6) is 0 Å². The predicted molar refractivity (Wildman–Crippen MR) is 97.4 cm³/mol. The first-order valence-corrected chi connectivity index (χ1v) is 9.37. The Morgan fingerprint density at radius 2 is 1.84 bits per heavy atom. The number of thioether (sulfide) groups is 1. The van der Waals surface area contributed by atoms with Crippen LogP contribution in [0.25, 0.3) is 0 Å². The fourth-order valence-electron chi connectivity index (χ4n) is 2.73. The van der Waals surface area contributed by atoms with Crippen LogP contribution in [0, 0.1) is 5.82 Å². The second-order valence-electron chi connectivity index (χ2n) is 6.00. The Morgan fingerprint density at radius 1 is 1.12 bits per heavy atom. The number of anilines is 1. The Hall–Kier alpha value is -1.89. The summed E-state index contributed by atoms with van der Waals surface area (Å²) in [5.74, 6) is -0.254. The smallest absolute Gasteiger partial charge is 0.234 e. The number of hydrogen-bond acceptors (Lipinski definition) is 3. The van der Waals surface area contributed by atoms with Gasteiger partial charge in [-0.3, -0.25) is 4.79 Å². The first-order valence-electron chi connectivity index (χ1n) is 8.38. The molecule has 6 heteroatoms. The van der Waals surface area contributed by atoms with Crippen LogP contribution in [0.1, 0.15) is 5.56 Å². The first kappa shape index (κ1) is 17.9. The number of hydrogen-bond donors (Lipinski definition) is 2. The van der Waals surface area contributed by atoms with E-state index in [9.17, 15) is 9.18 Å². The molecule has 2 aromatic rings. The molecule has 1 aliphatic rings. The molecule has 0 unspecified atom stereocenters. The van der Waals surface area contributed by atoms with Crippen molar-refractivity contribution in [1.29, 1.82) is 0 Å². The van der Waals surface area contributed by atoms with Crippen LogP contribution >= 0.6 is 11.8 Å². The van der Waals surface area contributed by atoms with Crippen LogP contribution in [0.3, 0.4) is 0 Å². The molecule has 0 aromatic heterocycles. The third-order valence-electron chi connectivity index (χ3n) is 4.09. The number of nitrogens with one attached hydrogen (secondary N) is 2. The van der Waals surface area contributed by atoms with Crippen molar-refractivity contribution in [3.8, 4) is 0 Å². The average Bonchev–Trinajstić information content (AvgIpc) is 2.64. The minimum atomic E-state index is -0.296. The maximum atomic E-state index is 13.5.